The van der Waals surface area contributed by atoms with E-state index in [1.165, 1.54) is 0 Å². The van der Waals surface area contributed by atoms with Crippen LogP contribution in [0.5, 0.6) is 0 Å². The number of aromatic nitrogens is 2. The Kier molecular flexibility index (Phi) is 9.75. The fraction of sp³-hybridized carbons (Fsp3) is 0.773. The molecule has 0 N–H and O–H groups in total. The number of carbonyl (C=O) groups is 1. The second kappa shape index (κ2) is 11.0. The number of hydrogen-bond donors (Lipinski definition) is 0. The first kappa shape index (κ1) is 24.7. The molecular weight excluding hydrogens is 370 g/mol. The zero-order chi connectivity index (χ0) is 21.5. The predicted molar refractivity (Wildman–Crippen MR) is 119 cm³/mol. The number of anilines is 1. The van der Waals surface area contributed by atoms with Crippen molar-refractivity contribution in [1.82, 2.24) is 9.97 Å². The topological polar surface area (TPSA) is 55.3 Å². The minimum Gasteiger partial charge on any atom is -0.443 e. The molecule has 0 radical (unpaired) electrons. The van der Waals surface area contributed by atoms with Gasteiger partial charge in [0.2, 0.25) is 0 Å². The third kappa shape index (κ3) is 9.76. The highest BCUT2D eigenvalue weighted by Crippen LogP contribution is 2.24. The van der Waals surface area contributed by atoms with Crippen LogP contribution < -0.4 is 4.90 Å². The van der Waals surface area contributed by atoms with Crippen molar-refractivity contribution in [2.75, 3.05) is 17.2 Å². The van der Waals surface area contributed by atoms with Crippen LogP contribution in [0.4, 0.5) is 10.6 Å². The van der Waals surface area contributed by atoms with Gasteiger partial charge in [-0.2, -0.15) is 0 Å². The molecule has 1 rings (SSSR count). The first-order valence-electron chi connectivity index (χ1n) is 10.4. The molecule has 1 heterocycles. The summed E-state index contributed by atoms with van der Waals surface area (Å²) in [7, 11) is 0. The van der Waals surface area contributed by atoms with Gasteiger partial charge in [0.1, 0.15) is 11.4 Å². The van der Waals surface area contributed by atoms with Crippen molar-refractivity contribution in [3.63, 3.8) is 0 Å². The molecule has 0 spiro atoms. The normalized spacial score (nSPS) is 12.1. The average Bonchev–Trinajstić information content (AvgIpc) is 2.54. The molecular formula is C22H39N3O2S. The number of carbonyl (C=O) groups excluding carboxylic acids is 1. The Balaban J connectivity index is 3.25. The van der Waals surface area contributed by atoms with Crippen LogP contribution in [0.2, 0.25) is 0 Å². The van der Waals surface area contributed by atoms with Gasteiger partial charge in [-0.05, 0) is 51.4 Å². The maximum absolute atomic E-state index is 12.9. The SMILES string of the molecule is CC(C)CCc1cc(N(CC(C)C)C(=O)OC(C)(C)C)nc(SCC(C)C)n1. The Morgan fingerprint density at radius 3 is 2.21 bits per heavy atom. The number of ether oxygens (including phenoxy) is 1. The lowest BCUT2D eigenvalue weighted by Crippen LogP contribution is -2.39. The van der Waals surface area contributed by atoms with E-state index >= 15 is 0 Å². The number of thioether (sulfide) groups is 1. The van der Waals surface area contributed by atoms with Gasteiger partial charge in [0.25, 0.3) is 0 Å². The van der Waals surface area contributed by atoms with Crippen LogP contribution in [-0.2, 0) is 11.2 Å². The van der Waals surface area contributed by atoms with E-state index in [1.807, 2.05) is 26.8 Å². The fourth-order valence-corrected chi connectivity index (χ4v) is 3.23. The summed E-state index contributed by atoms with van der Waals surface area (Å²) in [5, 5.41) is 0.738. The maximum Gasteiger partial charge on any atom is 0.416 e. The predicted octanol–water partition coefficient (Wildman–Crippen LogP) is 6.21. The standard InChI is InChI=1S/C22H39N3O2S/c1-15(2)10-11-18-12-19(24-20(23-18)28-14-17(5)6)25(13-16(3)4)21(26)27-22(7,8)9/h12,15-17H,10-11,13-14H2,1-9H3. The number of nitrogens with zero attached hydrogens (tertiary/aromatic N) is 3. The minimum atomic E-state index is -0.547. The first-order valence-corrected chi connectivity index (χ1v) is 11.4. The van der Waals surface area contributed by atoms with E-state index in [4.69, 9.17) is 14.7 Å². The van der Waals surface area contributed by atoms with Crippen molar-refractivity contribution in [2.24, 2.45) is 17.8 Å². The van der Waals surface area contributed by atoms with E-state index in [9.17, 15) is 4.79 Å². The van der Waals surface area contributed by atoms with Gasteiger partial charge in [0.05, 0.1) is 0 Å². The highest BCUT2D eigenvalue weighted by molar-refractivity contribution is 7.99. The largest absolute Gasteiger partial charge is 0.443 e. The van der Waals surface area contributed by atoms with Gasteiger partial charge in [0.15, 0.2) is 5.16 Å². The molecule has 1 amide bonds. The highest BCUT2D eigenvalue weighted by atomic mass is 32.2. The zero-order valence-corrected chi connectivity index (χ0v) is 20.0. The number of aryl methyl sites for hydroxylation is 1. The van der Waals surface area contributed by atoms with Crippen molar-refractivity contribution in [3.8, 4) is 0 Å². The molecule has 0 aliphatic heterocycles. The second-order valence-corrected chi connectivity index (χ2v) is 10.6. The molecule has 6 heteroatoms. The molecule has 0 unspecified atom stereocenters. The molecule has 1 aromatic rings. The molecule has 0 saturated carbocycles. The van der Waals surface area contributed by atoms with E-state index in [-0.39, 0.29) is 6.09 Å². The summed E-state index contributed by atoms with van der Waals surface area (Å²) < 4.78 is 5.65. The lowest BCUT2D eigenvalue weighted by molar-refractivity contribution is 0.0574. The van der Waals surface area contributed by atoms with Crippen LogP contribution in [0.25, 0.3) is 0 Å². The monoisotopic (exact) mass is 409 g/mol. The number of hydrogen-bond acceptors (Lipinski definition) is 5. The van der Waals surface area contributed by atoms with Gasteiger partial charge in [-0.25, -0.2) is 14.8 Å². The molecule has 0 aliphatic rings. The van der Waals surface area contributed by atoms with Crippen molar-refractivity contribution >= 4 is 23.7 Å². The number of rotatable bonds is 9. The van der Waals surface area contributed by atoms with Gasteiger partial charge in [0, 0.05) is 24.1 Å². The Labute approximate surface area is 176 Å². The summed E-state index contributed by atoms with van der Waals surface area (Å²) in [6.07, 6.45) is 1.59. The summed E-state index contributed by atoms with van der Waals surface area (Å²) in [6, 6.07) is 1.95. The van der Waals surface area contributed by atoms with E-state index in [0.717, 1.165) is 29.4 Å². The molecule has 0 atom stereocenters. The van der Waals surface area contributed by atoms with E-state index in [1.54, 1.807) is 16.7 Å². The van der Waals surface area contributed by atoms with Gasteiger partial charge in [-0.1, -0.05) is 53.3 Å². The fourth-order valence-electron chi connectivity index (χ4n) is 2.41. The Hall–Kier alpha value is -1.30. The Morgan fingerprint density at radius 1 is 1.07 bits per heavy atom. The highest BCUT2D eigenvalue weighted by Gasteiger charge is 2.26. The van der Waals surface area contributed by atoms with Crippen LogP contribution >= 0.6 is 11.8 Å². The van der Waals surface area contributed by atoms with Crippen molar-refractivity contribution in [3.05, 3.63) is 11.8 Å². The summed E-state index contributed by atoms with van der Waals surface area (Å²) in [5.41, 5.74) is 0.442. The first-order chi connectivity index (χ1) is 12.9. The molecule has 0 saturated heterocycles. The van der Waals surface area contributed by atoms with Crippen LogP contribution in [0.1, 0.15) is 74.4 Å². The molecule has 0 bridgehead atoms. The molecule has 0 fully saturated rings. The van der Waals surface area contributed by atoms with Gasteiger partial charge in [-0.3, -0.25) is 4.90 Å². The quantitative estimate of drug-likeness (QED) is 0.358. The van der Waals surface area contributed by atoms with Crippen LogP contribution in [-0.4, -0.2) is 34.0 Å². The molecule has 5 nitrogen and oxygen atoms in total. The third-order valence-electron chi connectivity index (χ3n) is 3.71. The lowest BCUT2D eigenvalue weighted by Gasteiger charge is -2.28. The van der Waals surface area contributed by atoms with E-state index in [0.29, 0.717) is 30.1 Å². The average molecular weight is 410 g/mol. The maximum atomic E-state index is 12.9. The van der Waals surface area contributed by atoms with Crippen molar-refractivity contribution < 1.29 is 9.53 Å². The van der Waals surface area contributed by atoms with Gasteiger partial charge >= 0.3 is 6.09 Å². The van der Waals surface area contributed by atoms with Crippen molar-refractivity contribution in [2.45, 2.75) is 85.9 Å². The summed E-state index contributed by atoms with van der Waals surface area (Å²) in [4.78, 5) is 24.0. The number of amides is 1. The summed E-state index contributed by atoms with van der Waals surface area (Å²) >= 11 is 1.65. The lowest BCUT2D eigenvalue weighted by atomic mass is 10.1. The molecule has 160 valence electrons. The van der Waals surface area contributed by atoms with Crippen LogP contribution in [0.3, 0.4) is 0 Å². The smallest absolute Gasteiger partial charge is 0.416 e. The van der Waals surface area contributed by atoms with Crippen molar-refractivity contribution in [1.29, 1.82) is 0 Å². The second-order valence-electron chi connectivity index (χ2n) is 9.62. The Morgan fingerprint density at radius 2 is 1.71 bits per heavy atom. The van der Waals surface area contributed by atoms with Crippen LogP contribution in [0, 0.1) is 17.8 Å². The zero-order valence-electron chi connectivity index (χ0n) is 19.2. The minimum absolute atomic E-state index is 0.299. The molecule has 0 aliphatic carbocycles. The summed E-state index contributed by atoms with van der Waals surface area (Å²) in [5.74, 6) is 3.04. The molecule has 0 aromatic carbocycles. The summed E-state index contributed by atoms with van der Waals surface area (Å²) in [6.45, 7) is 19.2. The van der Waals surface area contributed by atoms with Gasteiger partial charge < -0.3 is 4.74 Å². The van der Waals surface area contributed by atoms with E-state index in [2.05, 4.69) is 41.5 Å². The van der Waals surface area contributed by atoms with Gasteiger partial charge in [-0.15, -0.1) is 0 Å². The molecule has 28 heavy (non-hydrogen) atoms. The van der Waals surface area contributed by atoms with Crippen LogP contribution in [0.15, 0.2) is 11.2 Å². The third-order valence-corrected chi connectivity index (χ3v) is 4.98. The Bertz CT molecular complexity index is 594. The molecule has 1 aromatic heterocycles. The van der Waals surface area contributed by atoms with E-state index < -0.39 is 5.60 Å².